The van der Waals surface area contributed by atoms with Crippen molar-refractivity contribution in [3.8, 4) is 16.9 Å². The van der Waals surface area contributed by atoms with Crippen LogP contribution in [0.15, 0.2) is 79.1 Å². The molecule has 0 atom stereocenters. The molecule has 0 amide bonds. The topological polar surface area (TPSA) is 50.9 Å². The Hall–Kier alpha value is -3.53. The highest BCUT2D eigenvalue weighted by atomic mass is 16.5. The molecule has 0 saturated carbocycles. The molecule has 0 unspecified atom stereocenters. The van der Waals surface area contributed by atoms with Gasteiger partial charge in [-0.15, -0.1) is 0 Å². The van der Waals surface area contributed by atoms with Crippen molar-refractivity contribution in [3.63, 3.8) is 0 Å². The normalized spacial score (nSPS) is 10.9. The van der Waals surface area contributed by atoms with E-state index >= 15 is 0 Å². The molecule has 29 heavy (non-hydrogen) atoms. The monoisotopic (exact) mass is 385 g/mol. The summed E-state index contributed by atoms with van der Waals surface area (Å²) in [6, 6.07) is 21.6. The fraction of sp³-hybridized carbons (Fsp3) is 0.160. The van der Waals surface area contributed by atoms with Gasteiger partial charge in [0.25, 0.3) is 0 Å². The second-order valence-corrected chi connectivity index (χ2v) is 7.07. The molecule has 4 nitrogen and oxygen atoms in total. The highest BCUT2D eigenvalue weighted by molar-refractivity contribution is 6.04. The van der Waals surface area contributed by atoms with Crippen LogP contribution in [0, 0.1) is 0 Å². The lowest BCUT2D eigenvalue weighted by atomic mass is 9.98. The average Bonchev–Trinajstić information content (AvgIpc) is 3.13. The Balaban J connectivity index is 1.83. The first-order valence-electron chi connectivity index (χ1n) is 9.80. The minimum Gasteiger partial charge on any atom is -0.488 e. The van der Waals surface area contributed by atoms with Gasteiger partial charge in [0.05, 0.1) is 11.1 Å². The van der Waals surface area contributed by atoms with Gasteiger partial charge in [0.15, 0.2) is 0 Å². The quantitative estimate of drug-likeness (QED) is 0.435. The number of carbonyl (C=O) groups is 1. The molecule has 0 saturated heterocycles. The molecule has 2 heterocycles. The van der Waals surface area contributed by atoms with Crippen LogP contribution in [0.25, 0.3) is 16.6 Å². The van der Waals surface area contributed by atoms with Gasteiger partial charge in [-0.1, -0.05) is 55.8 Å². The number of pyridine rings is 1. The molecule has 2 aromatic heterocycles. The third kappa shape index (κ3) is 3.87. The van der Waals surface area contributed by atoms with E-state index in [1.54, 1.807) is 0 Å². The van der Waals surface area contributed by atoms with Crippen molar-refractivity contribution in [1.82, 2.24) is 4.40 Å². The van der Waals surface area contributed by atoms with Crippen molar-refractivity contribution in [2.45, 2.75) is 26.4 Å². The lowest BCUT2D eigenvalue weighted by molar-refractivity contribution is 0.0700. The van der Waals surface area contributed by atoms with Gasteiger partial charge in [-0.3, -0.25) is 0 Å². The molecule has 4 rings (SSSR count). The predicted molar refractivity (Wildman–Crippen MR) is 115 cm³/mol. The summed E-state index contributed by atoms with van der Waals surface area (Å²) in [5.41, 5.74) is 4.68. The van der Waals surface area contributed by atoms with Gasteiger partial charge in [0, 0.05) is 23.5 Å². The number of hydrogen-bond acceptors (Lipinski definition) is 2. The van der Waals surface area contributed by atoms with Crippen LogP contribution >= 0.6 is 0 Å². The van der Waals surface area contributed by atoms with Crippen LogP contribution in [-0.4, -0.2) is 15.5 Å². The molecule has 0 aliphatic heterocycles. The zero-order valence-electron chi connectivity index (χ0n) is 16.3. The highest BCUT2D eigenvalue weighted by Gasteiger charge is 2.21. The molecular formula is C25H23NO3. The number of aromatic carboxylic acids is 1. The zero-order valence-corrected chi connectivity index (χ0v) is 16.3. The number of hydrogen-bond donors (Lipinski definition) is 1. The highest BCUT2D eigenvalue weighted by Crippen LogP contribution is 2.37. The largest absolute Gasteiger partial charge is 0.488 e. The molecule has 0 aliphatic carbocycles. The van der Waals surface area contributed by atoms with E-state index in [1.807, 2.05) is 71.4 Å². The Labute approximate surface area is 170 Å². The van der Waals surface area contributed by atoms with Gasteiger partial charge in [-0.25, -0.2) is 4.79 Å². The fourth-order valence-corrected chi connectivity index (χ4v) is 3.64. The third-order valence-electron chi connectivity index (χ3n) is 5.01. The van der Waals surface area contributed by atoms with Gasteiger partial charge < -0.3 is 14.2 Å². The summed E-state index contributed by atoms with van der Waals surface area (Å²) in [7, 11) is 0. The Bertz CT molecular complexity index is 1150. The number of ether oxygens (including phenoxy) is 1. The van der Waals surface area contributed by atoms with Crippen molar-refractivity contribution in [1.29, 1.82) is 0 Å². The summed E-state index contributed by atoms with van der Waals surface area (Å²) < 4.78 is 7.99. The molecule has 0 spiro atoms. The number of carboxylic acid groups (broad SMARTS) is 1. The SMILES string of the molecule is CCCc1ccc(OCc2ccccc2)c(-c2cn3ccccc3c2C(=O)O)c1. The van der Waals surface area contributed by atoms with Gasteiger partial charge in [0.2, 0.25) is 0 Å². The van der Waals surface area contributed by atoms with Gasteiger partial charge in [0.1, 0.15) is 12.4 Å². The number of fused-ring (bicyclic) bond motifs is 1. The number of aromatic nitrogens is 1. The molecule has 0 bridgehead atoms. The number of benzene rings is 2. The second-order valence-electron chi connectivity index (χ2n) is 7.07. The minimum atomic E-state index is -0.941. The van der Waals surface area contributed by atoms with E-state index in [-0.39, 0.29) is 0 Å². The maximum Gasteiger partial charge on any atom is 0.338 e. The maximum absolute atomic E-state index is 12.1. The van der Waals surface area contributed by atoms with E-state index in [0.29, 0.717) is 29.0 Å². The van der Waals surface area contributed by atoms with Crippen molar-refractivity contribution >= 4 is 11.5 Å². The molecular weight excluding hydrogens is 362 g/mol. The Kier molecular flexibility index (Phi) is 5.34. The molecule has 0 aliphatic rings. The van der Waals surface area contributed by atoms with E-state index in [4.69, 9.17) is 4.74 Å². The molecule has 0 radical (unpaired) electrons. The van der Waals surface area contributed by atoms with Crippen LogP contribution in [0.5, 0.6) is 5.75 Å². The summed E-state index contributed by atoms with van der Waals surface area (Å²) in [6.07, 6.45) is 5.69. The lowest BCUT2D eigenvalue weighted by Crippen LogP contribution is -2.01. The molecule has 2 aromatic carbocycles. The van der Waals surface area contributed by atoms with Gasteiger partial charge in [-0.2, -0.15) is 0 Å². The van der Waals surface area contributed by atoms with Crippen LogP contribution in [0.4, 0.5) is 0 Å². The number of nitrogens with zero attached hydrogens (tertiary/aromatic N) is 1. The van der Waals surface area contributed by atoms with Crippen LogP contribution in [-0.2, 0) is 13.0 Å². The summed E-state index contributed by atoms with van der Waals surface area (Å²) in [6.45, 7) is 2.56. The Morgan fingerprint density at radius 2 is 1.76 bits per heavy atom. The second kappa shape index (κ2) is 8.23. The van der Waals surface area contributed by atoms with Crippen molar-refractivity contribution < 1.29 is 14.6 Å². The van der Waals surface area contributed by atoms with Crippen LogP contribution in [0.2, 0.25) is 0 Å². The Morgan fingerprint density at radius 3 is 2.52 bits per heavy atom. The first-order chi connectivity index (χ1) is 14.2. The fourth-order valence-electron chi connectivity index (χ4n) is 3.64. The third-order valence-corrected chi connectivity index (χ3v) is 5.01. The zero-order chi connectivity index (χ0) is 20.2. The summed E-state index contributed by atoms with van der Waals surface area (Å²) in [5, 5.41) is 9.93. The standard InChI is InChI=1S/C25H23NO3/c1-2-8-18-12-13-23(29-17-19-9-4-3-5-10-19)20(15-18)21-16-26-14-7-6-11-22(26)24(21)25(27)28/h3-7,9-16H,2,8,17H2,1H3,(H,27,28). The molecule has 4 heteroatoms. The van der Waals surface area contributed by atoms with E-state index in [1.165, 1.54) is 5.56 Å². The molecule has 1 N–H and O–H groups in total. The van der Waals surface area contributed by atoms with E-state index in [9.17, 15) is 9.90 Å². The van der Waals surface area contributed by atoms with Crippen molar-refractivity contribution in [3.05, 3.63) is 95.8 Å². The Morgan fingerprint density at radius 1 is 0.966 bits per heavy atom. The molecule has 0 fully saturated rings. The van der Waals surface area contributed by atoms with Gasteiger partial charge in [-0.05, 0) is 41.8 Å². The van der Waals surface area contributed by atoms with Crippen LogP contribution < -0.4 is 4.74 Å². The smallest absolute Gasteiger partial charge is 0.338 e. The summed E-state index contributed by atoms with van der Waals surface area (Å²) in [5.74, 6) is -0.254. The predicted octanol–water partition coefficient (Wildman–Crippen LogP) is 5.84. The van der Waals surface area contributed by atoms with E-state index in [0.717, 1.165) is 24.0 Å². The summed E-state index contributed by atoms with van der Waals surface area (Å²) >= 11 is 0. The van der Waals surface area contributed by atoms with E-state index < -0.39 is 5.97 Å². The van der Waals surface area contributed by atoms with Crippen molar-refractivity contribution in [2.24, 2.45) is 0 Å². The van der Waals surface area contributed by atoms with Crippen molar-refractivity contribution in [2.75, 3.05) is 0 Å². The lowest BCUT2D eigenvalue weighted by Gasteiger charge is -2.13. The number of carboxylic acids is 1. The maximum atomic E-state index is 12.1. The molecule has 146 valence electrons. The van der Waals surface area contributed by atoms with E-state index in [2.05, 4.69) is 19.1 Å². The first-order valence-corrected chi connectivity index (χ1v) is 9.80. The number of rotatable bonds is 7. The van der Waals surface area contributed by atoms with Crippen LogP contribution in [0.1, 0.15) is 34.8 Å². The minimum absolute atomic E-state index is 0.295. The first kappa shape index (κ1) is 18.8. The average molecular weight is 385 g/mol. The van der Waals surface area contributed by atoms with Gasteiger partial charge >= 0.3 is 5.97 Å². The molecule has 4 aromatic rings. The summed E-state index contributed by atoms with van der Waals surface area (Å²) in [4.78, 5) is 12.1. The number of aryl methyl sites for hydroxylation is 1. The van der Waals surface area contributed by atoms with Crippen LogP contribution in [0.3, 0.4) is 0 Å².